The summed E-state index contributed by atoms with van der Waals surface area (Å²) in [6.07, 6.45) is 11.1. The van der Waals surface area contributed by atoms with E-state index in [0.29, 0.717) is 5.66 Å². The van der Waals surface area contributed by atoms with Gasteiger partial charge in [-0.05, 0) is 88.2 Å². The van der Waals surface area contributed by atoms with Crippen molar-refractivity contribution in [2.45, 2.75) is 78.7 Å². The van der Waals surface area contributed by atoms with Gasteiger partial charge in [0.15, 0.2) is 0 Å². The van der Waals surface area contributed by atoms with Crippen LogP contribution in [0.3, 0.4) is 0 Å². The van der Waals surface area contributed by atoms with Gasteiger partial charge in [0, 0.05) is 51.4 Å². The summed E-state index contributed by atoms with van der Waals surface area (Å²) >= 11 is 0. The average molecular weight is 536 g/mol. The molecule has 2 atom stereocenters. The highest BCUT2D eigenvalue weighted by atomic mass is 31.1. The maximum Gasteiger partial charge on any atom is 0.137 e. The Morgan fingerprint density at radius 1 is 0.897 bits per heavy atom. The molecule has 0 saturated carbocycles. The zero-order chi connectivity index (χ0) is 27.9. The summed E-state index contributed by atoms with van der Waals surface area (Å²) in [5, 5.41) is 0.218. The molecular formula is C36H42NOP. The van der Waals surface area contributed by atoms with Crippen molar-refractivity contribution in [3.05, 3.63) is 105 Å². The number of hydrogen-bond acceptors (Lipinski definition) is 2. The van der Waals surface area contributed by atoms with Crippen LogP contribution in [0.15, 0.2) is 83.2 Å². The number of hydrogen-bond donors (Lipinski definition) is 0. The van der Waals surface area contributed by atoms with Crippen molar-refractivity contribution in [1.82, 2.24) is 0 Å². The van der Waals surface area contributed by atoms with Crippen LogP contribution in [0, 0.1) is 6.92 Å². The maximum atomic E-state index is 6.94. The van der Waals surface area contributed by atoms with E-state index in [1.807, 2.05) is 0 Å². The third-order valence-corrected chi connectivity index (χ3v) is 12.6. The van der Waals surface area contributed by atoms with Gasteiger partial charge in [0.2, 0.25) is 0 Å². The summed E-state index contributed by atoms with van der Waals surface area (Å²) in [7, 11) is -0.247. The largest absolute Gasteiger partial charge is 0.456 e. The van der Waals surface area contributed by atoms with Crippen LogP contribution >= 0.6 is 7.92 Å². The molecule has 2 unspecified atom stereocenters. The zero-order valence-corrected chi connectivity index (χ0v) is 26.0. The Hall–Kier alpha value is -2.83. The molecule has 0 N–H and O–H groups in total. The van der Waals surface area contributed by atoms with Crippen molar-refractivity contribution in [3.8, 4) is 5.75 Å². The van der Waals surface area contributed by atoms with E-state index in [1.165, 1.54) is 62.0 Å². The highest BCUT2D eigenvalue weighted by Crippen LogP contribution is 2.63. The van der Waals surface area contributed by atoms with E-state index in [4.69, 9.17) is 4.74 Å². The van der Waals surface area contributed by atoms with Gasteiger partial charge < -0.3 is 9.64 Å². The summed E-state index contributed by atoms with van der Waals surface area (Å²) in [6, 6.07) is 13.5. The Morgan fingerprint density at radius 2 is 1.64 bits per heavy atom. The van der Waals surface area contributed by atoms with Crippen molar-refractivity contribution in [1.29, 1.82) is 0 Å². The number of benzene rings is 2. The Bertz CT molecular complexity index is 1540. The van der Waals surface area contributed by atoms with Crippen molar-refractivity contribution < 1.29 is 4.74 Å². The van der Waals surface area contributed by atoms with Crippen molar-refractivity contribution >= 4 is 24.8 Å². The number of aryl methyl sites for hydroxylation is 1. The van der Waals surface area contributed by atoms with E-state index in [1.54, 1.807) is 0 Å². The van der Waals surface area contributed by atoms with Crippen LogP contribution in [-0.2, 0) is 0 Å². The van der Waals surface area contributed by atoms with Gasteiger partial charge in [-0.3, -0.25) is 0 Å². The second-order valence-electron chi connectivity index (χ2n) is 12.6. The summed E-state index contributed by atoms with van der Waals surface area (Å²) in [5.41, 5.74) is 13.5. The monoisotopic (exact) mass is 535 g/mol. The lowest BCUT2D eigenvalue weighted by Gasteiger charge is -2.45. The lowest BCUT2D eigenvalue weighted by atomic mass is 9.81. The minimum atomic E-state index is -0.247. The van der Waals surface area contributed by atoms with Crippen molar-refractivity contribution in [2.24, 2.45) is 0 Å². The van der Waals surface area contributed by atoms with E-state index in [-0.39, 0.29) is 18.6 Å². The van der Waals surface area contributed by atoms with Crippen LogP contribution in [-0.4, -0.2) is 29.1 Å². The molecule has 0 radical (unpaired) electrons. The number of nitrogens with zero attached hydrogens (tertiary/aromatic N) is 1. The Labute approximate surface area is 236 Å². The Kier molecular flexibility index (Phi) is 6.16. The first-order chi connectivity index (χ1) is 18.5. The normalized spacial score (nSPS) is 24.3. The molecule has 2 aromatic rings. The van der Waals surface area contributed by atoms with Crippen LogP contribution in [0.1, 0.15) is 77.6 Å². The van der Waals surface area contributed by atoms with Crippen molar-refractivity contribution in [2.75, 3.05) is 17.6 Å². The second-order valence-corrected chi connectivity index (χ2v) is 15.9. The third-order valence-electron chi connectivity index (χ3n) is 9.20. The van der Waals surface area contributed by atoms with E-state index < -0.39 is 0 Å². The number of likely N-dealkylation sites (N-methyl/N-ethyl adjacent to an activating group) is 1. The molecule has 2 aromatic carbocycles. The van der Waals surface area contributed by atoms with Gasteiger partial charge in [-0.2, -0.15) is 0 Å². The van der Waals surface area contributed by atoms with Gasteiger partial charge in [-0.25, -0.2) is 0 Å². The van der Waals surface area contributed by atoms with Crippen LogP contribution in [0.2, 0.25) is 0 Å². The van der Waals surface area contributed by atoms with Crippen LogP contribution in [0.25, 0.3) is 11.1 Å². The smallest absolute Gasteiger partial charge is 0.137 e. The number of fused-ring (bicyclic) bond motifs is 4. The van der Waals surface area contributed by atoms with Crippen LogP contribution in [0.4, 0.5) is 5.69 Å². The fourth-order valence-electron chi connectivity index (χ4n) is 7.55. The first-order valence-electron chi connectivity index (χ1n) is 14.5. The van der Waals surface area contributed by atoms with Crippen LogP contribution in [0.5, 0.6) is 5.75 Å². The number of allylic oxidation sites excluding steroid dienone is 6. The SMILES string of the molecule is CCN1c2cc3c(cc2C(C)=CC1(C)C)C(c1ccccc1C)=C1C=C2C(C)=CC(C)(C)P(CC)C2C=C1O3. The quantitative estimate of drug-likeness (QED) is 0.363. The topological polar surface area (TPSA) is 12.5 Å². The fourth-order valence-corrected chi connectivity index (χ4v) is 10.8. The van der Waals surface area contributed by atoms with E-state index in [2.05, 4.69) is 128 Å². The first-order valence-corrected chi connectivity index (χ1v) is 16.1. The minimum Gasteiger partial charge on any atom is -0.456 e. The highest BCUT2D eigenvalue weighted by Gasteiger charge is 2.42. The molecule has 2 nitrogen and oxygen atoms in total. The van der Waals surface area contributed by atoms with Gasteiger partial charge in [0.05, 0.1) is 5.54 Å². The molecule has 0 saturated heterocycles. The molecule has 0 spiro atoms. The van der Waals surface area contributed by atoms with Crippen molar-refractivity contribution in [3.63, 3.8) is 0 Å². The predicted molar refractivity (Wildman–Crippen MR) is 170 cm³/mol. The third kappa shape index (κ3) is 4.02. The average Bonchev–Trinajstić information content (AvgIpc) is 2.86. The molecule has 1 aliphatic carbocycles. The molecule has 0 fully saturated rings. The van der Waals surface area contributed by atoms with Gasteiger partial charge >= 0.3 is 0 Å². The molecular weight excluding hydrogens is 493 g/mol. The van der Waals surface area contributed by atoms with E-state index in [9.17, 15) is 0 Å². The highest BCUT2D eigenvalue weighted by molar-refractivity contribution is 7.60. The molecule has 0 aromatic heterocycles. The molecule has 3 heteroatoms. The predicted octanol–water partition coefficient (Wildman–Crippen LogP) is 9.64. The first kappa shape index (κ1) is 26.4. The van der Waals surface area contributed by atoms with Crippen LogP contribution < -0.4 is 9.64 Å². The molecule has 0 amide bonds. The summed E-state index contributed by atoms with van der Waals surface area (Å²) < 4.78 is 6.94. The molecule has 202 valence electrons. The van der Waals surface area contributed by atoms with Gasteiger partial charge in [0.25, 0.3) is 0 Å². The Morgan fingerprint density at radius 3 is 2.33 bits per heavy atom. The lowest BCUT2D eigenvalue weighted by Crippen LogP contribution is -2.45. The number of ether oxygens (including phenoxy) is 1. The molecule has 39 heavy (non-hydrogen) atoms. The molecule has 0 bridgehead atoms. The molecule has 6 rings (SSSR count). The Balaban J connectivity index is 1.65. The minimum absolute atomic E-state index is 0.0369. The summed E-state index contributed by atoms with van der Waals surface area (Å²) in [5.74, 6) is 2.01. The maximum absolute atomic E-state index is 6.94. The second kappa shape index (κ2) is 9.10. The van der Waals surface area contributed by atoms with Gasteiger partial charge in [0.1, 0.15) is 11.5 Å². The van der Waals surface area contributed by atoms with E-state index >= 15 is 0 Å². The standard InChI is InChI=1S/C36H42NOP/c1-10-37-30-18-31-28(16-26(30)23(4)20-35(37,6)7)34(25-15-13-12-14-22(25)3)29-17-27-24(5)21-36(8,9)39(11-2)33(27)19-32(29)38-31/h12-21,33H,10-11H2,1-9H3. The summed E-state index contributed by atoms with van der Waals surface area (Å²) in [4.78, 5) is 2.51. The zero-order valence-electron chi connectivity index (χ0n) is 25.1. The fraction of sp³-hybridized carbons (Fsp3) is 0.389. The molecule has 4 aliphatic rings. The molecule has 3 aliphatic heterocycles. The van der Waals surface area contributed by atoms with Gasteiger partial charge in [-0.15, -0.1) is 0 Å². The lowest BCUT2D eigenvalue weighted by molar-refractivity contribution is 0.428. The van der Waals surface area contributed by atoms with E-state index in [0.717, 1.165) is 18.1 Å². The number of rotatable bonds is 3. The number of anilines is 1. The summed E-state index contributed by atoms with van der Waals surface area (Å²) in [6.45, 7) is 21.8. The van der Waals surface area contributed by atoms with Gasteiger partial charge in [-0.1, -0.05) is 70.7 Å². The molecule has 3 heterocycles.